The Morgan fingerprint density at radius 2 is 1.96 bits per heavy atom. The Labute approximate surface area is 187 Å². The van der Waals surface area contributed by atoms with Gasteiger partial charge in [0.05, 0.1) is 26.4 Å². The lowest BCUT2D eigenvalue weighted by Crippen LogP contribution is -2.42. The monoisotopic (exact) mass is 510 g/mol. The number of ether oxygens (including phenoxy) is 3. The van der Waals surface area contributed by atoms with E-state index in [1.54, 1.807) is 0 Å². The minimum Gasteiger partial charge on any atom is -0.381 e. The molecule has 0 aromatic carbocycles. The van der Waals surface area contributed by atoms with Gasteiger partial charge >= 0.3 is 0 Å². The Morgan fingerprint density at radius 1 is 1.11 bits per heavy atom. The van der Waals surface area contributed by atoms with E-state index in [2.05, 4.69) is 22.0 Å². The molecule has 164 valence electrons. The van der Waals surface area contributed by atoms with E-state index in [1.165, 1.54) is 13.0 Å². The number of hydrogen-bond acceptors (Lipinski definition) is 5. The molecule has 0 bridgehead atoms. The van der Waals surface area contributed by atoms with Crippen molar-refractivity contribution in [3.05, 3.63) is 0 Å². The molecule has 0 aliphatic carbocycles. The Bertz CT molecular complexity index is 443. The zero-order valence-corrected chi connectivity index (χ0v) is 19.8. The van der Waals surface area contributed by atoms with Gasteiger partial charge < -0.3 is 24.4 Å². The fourth-order valence-corrected chi connectivity index (χ4v) is 4.07. The van der Waals surface area contributed by atoms with Crippen molar-refractivity contribution in [2.24, 2.45) is 16.8 Å². The molecular weight excluding hydrogens is 471 g/mol. The zero-order valence-electron chi connectivity index (χ0n) is 17.4. The minimum atomic E-state index is 0. The summed E-state index contributed by atoms with van der Waals surface area (Å²) in [6, 6.07) is 0. The van der Waals surface area contributed by atoms with E-state index in [0.717, 1.165) is 104 Å². The molecule has 0 saturated carbocycles. The summed E-state index contributed by atoms with van der Waals surface area (Å²) >= 11 is 0. The molecule has 0 aromatic rings. The number of morpholine rings is 1. The van der Waals surface area contributed by atoms with Crippen LogP contribution in [0.3, 0.4) is 0 Å². The van der Waals surface area contributed by atoms with E-state index < -0.39 is 0 Å². The first-order valence-corrected chi connectivity index (χ1v) is 10.8. The van der Waals surface area contributed by atoms with Crippen LogP contribution < -0.4 is 5.32 Å². The predicted molar refractivity (Wildman–Crippen MR) is 123 cm³/mol. The van der Waals surface area contributed by atoms with Gasteiger partial charge in [0.25, 0.3) is 0 Å². The summed E-state index contributed by atoms with van der Waals surface area (Å²) in [5, 5.41) is 3.47. The van der Waals surface area contributed by atoms with Gasteiger partial charge in [0.2, 0.25) is 0 Å². The van der Waals surface area contributed by atoms with Gasteiger partial charge in [0, 0.05) is 64.9 Å². The van der Waals surface area contributed by atoms with Crippen LogP contribution in [0, 0.1) is 11.8 Å². The lowest BCUT2D eigenvalue weighted by atomic mass is 10.1. The maximum Gasteiger partial charge on any atom is 0.193 e. The van der Waals surface area contributed by atoms with Crippen molar-refractivity contribution < 1.29 is 14.2 Å². The average molecular weight is 510 g/mol. The number of hydrogen-bond donors (Lipinski definition) is 1. The van der Waals surface area contributed by atoms with Crippen molar-refractivity contribution in [3.63, 3.8) is 0 Å². The number of guanidine groups is 1. The van der Waals surface area contributed by atoms with E-state index in [0.29, 0.717) is 5.92 Å². The summed E-state index contributed by atoms with van der Waals surface area (Å²) < 4.78 is 16.6. The standard InChI is InChI=1S/C20H38N4O3.HI/c1-2-21-20(22-6-3-10-26-16-19-5-11-27-17-19)24-7-4-18(15-24)14-23-8-12-25-13-9-23;/h18-19H,2-17H2,1H3,(H,21,22);1H. The smallest absolute Gasteiger partial charge is 0.193 e. The van der Waals surface area contributed by atoms with Crippen LogP contribution in [0.25, 0.3) is 0 Å². The molecule has 2 atom stereocenters. The fraction of sp³-hybridized carbons (Fsp3) is 0.950. The van der Waals surface area contributed by atoms with E-state index >= 15 is 0 Å². The molecular formula is C20H39IN4O3. The maximum atomic E-state index is 5.79. The van der Waals surface area contributed by atoms with Crippen molar-refractivity contribution in [1.29, 1.82) is 0 Å². The summed E-state index contributed by atoms with van der Waals surface area (Å²) in [5.74, 6) is 2.41. The van der Waals surface area contributed by atoms with Gasteiger partial charge in [-0.2, -0.15) is 0 Å². The third-order valence-corrected chi connectivity index (χ3v) is 5.63. The number of rotatable bonds is 9. The van der Waals surface area contributed by atoms with E-state index in [1.807, 2.05) is 0 Å². The first-order valence-electron chi connectivity index (χ1n) is 10.8. The largest absolute Gasteiger partial charge is 0.381 e. The van der Waals surface area contributed by atoms with Gasteiger partial charge in [-0.15, -0.1) is 24.0 Å². The molecule has 1 N–H and O–H groups in total. The van der Waals surface area contributed by atoms with Gasteiger partial charge in [0.1, 0.15) is 0 Å². The number of aliphatic imine (C=N–C) groups is 1. The van der Waals surface area contributed by atoms with Crippen LogP contribution in [0.15, 0.2) is 4.99 Å². The Hall–Kier alpha value is -0.160. The Morgan fingerprint density at radius 3 is 2.71 bits per heavy atom. The van der Waals surface area contributed by atoms with Crippen molar-refractivity contribution >= 4 is 29.9 Å². The molecule has 3 aliphatic heterocycles. The fourth-order valence-electron chi connectivity index (χ4n) is 4.07. The first-order chi connectivity index (χ1) is 13.3. The van der Waals surface area contributed by atoms with E-state index in [9.17, 15) is 0 Å². The number of nitrogens with zero attached hydrogens (tertiary/aromatic N) is 3. The summed E-state index contributed by atoms with van der Waals surface area (Å²) in [7, 11) is 0. The third kappa shape index (κ3) is 8.30. The normalized spacial score (nSPS) is 26.5. The van der Waals surface area contributed by atoms with Gasteiger partial charge in [-0.1, -0.05) is 0 Å². The highest BCUT2D eigenvalue weighted by atomic mass is 127. The molecule has 0 radical (unpaired) electrons. The quantitative estimate of drug-likeness (QED) is 0.221. The van der Waals surface area contributed by atoms with Gasteiger partial charge in [-0.05, 0) is 32.1 Å². The van der Waals surface area contributed by atoms with Crippen molar-refractivity contribution in [3.8, 4) is 0 Å². The number of halogens is 1. The first kappa shape index (κ1) is 24.1. The molecule has 3 aliphatic rings. The summed E-state index contributed by atoms with van der Waals surface area (Å²) in [6.07, 6.45) is 3.38. The highest BCUT2D eigenvalue weighted by molar-refractivity contribution is 14.0. The SMILES string of the molecule is CCNC(=NCCCOCC1CCOC1)N1CCC(CN2CCOCC2)C1.I. The summed E-state index contributed by atoms with van der Waals surface area (Å²) in [6.45, 7) is 14.6. The highest BCUT2D eigenvalue weighted by Gasteiger charge is 2.27. The Balaban J connectivity index is 0.00000280. The third-order valence-electron chi connectivity index (χ3n) is 5.63. The van der Waals surface area contributed by atoms with Gasteiger partial charge in [-0.3, -0.25) is 9.89 Å². The highest BCUT2D eigenvalue weighted by Crippen LogP contribution is 2.18. The average Bonchev–Trinajstić information content (AvgIpc) is 3.36. The maximum absolute atomic E-state index is 5.79. The zero-order chi connectivity index (χ0) is 18.7. The van der Waals surface area contributed by atoms with Crippen LogP contribution in [-0.2, 0) is 14.2 Å². The van der Waals surface area contributed by atoms with Crippen LogP contribution in [0.5, 0.6) is 0 Å². The van der Waals surface area contributed by atoms with Crippen molar-refractivity contribution in [2.75, 3.05) is 85.5 Å². The molecule has 7 nitrogen and oxygen atoms in total. The molecule has 3 rings (SSSR count). The summed E-state index contributed by atoms with van der Waals surface area (Å²) in [4.78, 5) is 9.83. The second-order valence-electron chi connectivity index (χ2n) is 7.91. The topological polar surface area (TPSA) is 58.6 Å². The lowest BCUT2D eigenvalue weighted by molar-refractivity contribution is 0.0315. The Kier molecular flexibility index (Phi) is 12.0. The van der Waals surface area contributed by atoms with E-state index in [4.69, 9.17) is 19.2 Å². The number of nitrogens with one attached hydrogen (secondary N) is 1. The molecule has 28 heavy (non-hydrogen) atoms. The van der Waals surface area contributed by atoms with Crippen LogP contribution in [0.2, 0.25) is 0 Å². The van der Waals surface area contributed by atoms with Gasteiger partial charge in [0.15, 0.2) is 5.96 Å². The molecule has 8 heteroatoms. The van der Waals surface area contributed by atoms with Crippen molar-refractivity contribution in [2.45, 2.75) is 26.2 Å². The molecule has 0 aromatic heterocycles. The second kappa shape index (κ2) is 14.0. The molecule has 3 heterocycles. The molecule has 2 unspecified atom stereocenters. The van der Waals surface area contributed by atoms with Crippen LogP contribution >= 0.6 is 24.0 Å². The van der Waals surface area contributed by atoms with E-state index in [-0.39, 0.29) is 24.0 Å². The second-order valence-corrected chi connectivity index (χ2v) is 7.91. The molecule has 3 saturated heterocycles. The van der Waals surface area contributed by atoms with Crippen LogP contribution in [-0.4, -0.2) is 101 Å². The van der Waals surface area contributed by atoms with Crippen molar-refractivity contribution in [1.82, 2.24) is 15.1 Å². The molecule has 0 spiro atoms. The minimum absolute atomic E-state index is 0. The van der Waals surface area contributed by atoms with Crippen LogP contribution in [0.4, 0.5) is 0 Å². The number of likely N-dealkylation sites (tertiary alicyclic amines) is 1. The lowest BCUT2D eigenvalue weighted by Gasteiger charge is -2.29. The van der Waals surface area contributed by atoms with Crippen LogP contribution in [0.1, 0.15) is 26.2 Å². The molecule has 3 fully saturated rings. The predicted octanol–water partition coefficient (Wildman–Crippen LogP) is 1.67. The van der Waals surface area contributed by atoms with Gasteiger partial charge in [-0.25, -0.2) is 0 Å². The molecule has 0 amide bonds. The summed E-state index contributed by atoms with van der Waals surface area (Å²) in [5.41, 5.74) is 0.